The maximum atomic E-state index is 13.8. The lowest BCUT2D eigenvalue weighted by Crippen LogP contribution is -2.46. The van der Waals surface area contributed by atoms with Crippen LogP contribution in [0.15, 0.2) is 85.1 Å². The van der Waals surface area contributed by atoms with Crippen LogP contribution in [0.5, 0.6) is 0 Å². The first-order valence-corrected chi connectivity index (χ1v) is 11.5. The zero-order valence-electron chi connectivity index (χ0n) is 18.0. The number of carbonyl (C=O) groups excluding carboxylic acids is 3. The number of hydrogen-bond donors (Lipinski definition) is 1. The molecule has 3 aliphatic rings. The van der Waals surface area contributed by atoms with Gasteiger partial charge < -0.3 is 10.2 Å². The van der Waals surface area contributed by atoms with E-state index in [0.717, 1.165) is 11.1 Å². The zero-order chi connectivity index (χ0) is 23.4. The third-order valence-electron chi connectivity index (χ3n) is 6.84. The van der Waals surface area contributed by atoms with E-state index in [2.05, 4.69) is 5.32 Å². The van der Waals surface area contributed by atoms with E-state index in [1.807, 2.05) is 59.6 Å². The van der Waals surface area contributed by atoms with Gasteiger partial charge >= 0.3 is 0 Å². The molecular formula is C27H20ClN3O3. The number of amides is 3. The van der Waals surface area contributed by atoms with Crippen LogP contribution in [0.4, 0.5) is 11.4 Å². The van der Waals surface area contributed by atoms with Crippen molar-refractivity contribution in [3.63, 3.8) is 0 Å². The fraction of sp³-hybridized carbons (Fsp3) is 0.148. The highest BCUT2D eigenvalue weighted by atomic mass is 35.5. The Morgan fingerprint density at radius 1 is 0.853 bits per heavy atom. The van der Waals surface area contributed by atoms with Crippen LogP contribution in [0.1, 0.15) is 17.2 Å². The first-order chi connectivity index (χ1) is 16.5. The molecule has 3 heterocycles. The molecule has 3 aromatic rings. The number of anilines is 2. The number of nitrogens with one attached hydrogen (secondary N) is 1. The molecule has 0 saturated carbocycles. The van der Waals surface area contributed by atoms with Gasteiger partial charge in [-0.05, 0) is 47.5 Å². The van der Waals surface area contributed by atoms with Gasteiger partial charge in [0.25, 0.3) is 0 Å². The number of imide groups is 1. The summed E-state index contributed by atoms with van der Waals surface area (Å²) in [6.07, 6.45) is 3.77. The summed E-state index contributed by atoms with van der Waals surface area (Å²) >= 11 is 6.16. The summed E-state index contributed by atoms with van der Waals surface area (Å²) in [7, 11) is 0. The average molecular weight is 470 g/mol. The molecule has 0 aromatic heterocycles. The predicted octanol–water partition coefficient (Wildman–Crippen LogP) is 4.49. The molecule has 4 atom stereocenters. The van der Waals surface area contributed by atoms with Gasteiger partial charge in [-0.25, -0.2) is 4.90 Å². The minimum Gasteiger partial charge on any atom is -0.357 e. The summed E-state index contributed by atoms with van der Waals surface area (Å²) < 4.78 is 0. The van der Waals surface area contributed by atoms with Crippen LogP contribution in [0.25, 0.3) is 6.08 Å². The zero-order valence-corrected chi connectivity index (χ0v) is 18.7. The first-order valence-electron chi connectivity index (χ1n) is 11.1. The average Bonchev–Trinajstić information content (AvgIpc) is 3.32. The minimum absolute atomic E-state index is 0.313. The molecule has 2 saturated heterocycles. The number of halogens is 1. The third-order valence-corrected chi connectivity index (χ3v) is 7.07. The largest absolute Gasteiger partial charge is 0.357 e. The maximum absolute atomic E-state index is 13.8. The van der Waals surface area contributed by atoms with Crippen molar-refractivity contribution < 1.29 is 14.4 Å². The van der Waals surface area contributed by atoms with Gasteiger partial charge in [-0.2, -0.15) is 0 Å². The molecule has 168 valence electrons. The van der Waals surface area contributed by atoms with Crippen molar-refractivity contribution in [2.45, 2.75) is 12.1 Å². The molecule has 6 nitrogen and oxygen atoms in total. The van der Waals surface area contributed by atoms with Crippen molar-refractivity contribution in [3.8, 4) is 0 Å². The number of rotatable bonds is 3. The lowest BCUT2D eigenvalue weighted by Gasteiger charge is -2.35. The van der Waals surface area contributed by atoms with E-state index >= 15 is 0 Å². The molecule has 0 bridgehead atoms. The van der Waals surface area contributed by atoms with Crippen molar-refractivity contribution in [2.75, 3.05) is 10.2 Å². The number of carbonyl (C=O) groups is 3. The fourth-order valence-electron chi connectivity index (χ4n) is 5.46. The predicted molar refractivity (Wildman–Crippen MR) is 130 cm³/mol. The van der Waals surface area contributed by atoms with Crippen LogP contribution in [0, 0.1) is 11.8 Å². The lowest BCUT2D eigenvalue weighted by molar-refractivity contribution is -0.128. The molecule has 0 radical (unpaired) electrons. The topological polar surface area (TPSA) is 69.7 Å². The minimum atomic E-state index is -0.833. The summed E-state index contributed by atoms with van der Waals surface area (Å²) in [5.74, 6) is -2.53. The molecular weight excluding hydrogens is 450 g/mol. The quantitative estimate of drug-likeness (QED) is 0.574. The Balaban J connectivity index is 1.46. The number of para-hydroxylation sites is 1. The molecule has 1 N–H and O–H groups in total. The number of nitrogens with zero attached hydrogens (tertiary/aromatic N) is 2. The molecule has 4 unspecified atom stereocenters. The van der Waals surface area contributed by atoms with Gasteiger partial charge in [-0.15, -0.1) is 0 Å². The third kappa shape index (κ3) is 3.06. The van der Waals surface area contributed by atoms with Crippen molar-refractivity contribution in [3.05, 3.63) is 101 Å². The summed E-state index contributed by atoms with van der Waals surface area (Å²) in [4.78, 5) is 44.2. The standard InChI is InChI=1S/C27H20ClN3O3/c28-17-8-6-11-19(15-17)31-26(33)21-22(27(31)34)24(25(32)29-18-9-2-1-3-10-18)30-14-13-16-7-4-5-12-20(16)23(21)30/h1-15,21-24H,(H,29,32). The lowest BCUT2D eigenvalue weighted by atomic mass is 9.84. The van der Waals surface area contributed by atoms with Gasteiger partial charge in [-0.1, -0.05) is 60.1 Å². The number of hydrogen-bond acceptors (Lipinski definition) is 4. The first kappa shape index (κ1) is 20.7. The number of benzene rings is 3. The molecule has 2 fully saturated rings. The monoisotopic (exact) mass is 469 g/mol. The Morgan fingerprint density at radius 2 is 1.59 bits per heavy atom. The van der Waals surface area contributed by atoms with Crippen LogP contribution < -0.4 is 10.2 Å². The SMILES string of the molecule is O=C(Nc1ccccc1)C1C2C(=O)N(c3cccc(Cl)c3)C(=O)C2C2c3ccccc3C=CN12. The summed E-state index contributed by atoms with van der Waals surface area (Å²) in [6.45, 7) is 0. The van der Waals surface area contributed by atoms with Gasteiger partial charge in [0, 0.05) is 16.9 Å². The van der Waals surface area contributed by atoms with Crippen molar-refractivity contribution in [1.82, 2.24) is 4.90 Å². The molecule has 34 heavy (non-hydrogen) atoms. The van der Waals surface area contributed by atoms with E-state index in [4.69, 9.17) is 11.6 Å². The van der Waals surface area contributed by atoms with Crippen molar-refractivity contribution >= 4 is 46.8 Å². The van der Waals surface area contributed by atoms with Crippen LogP contribution in [-0.2, 0) is 14.4 Å². The van der Waals surface area contributed by atoms with Gasteiger partial charge in [0.2, 0.25) is 17.7 Å². The van der Waals surface area contributed by atoms with Gasteiger partial charge in [-0.3, -0.25) is 14.4 Å². The van der Waals surface area contributed by atoms with Crippen LogP contribution >= 0.6 is 11.6 Å². The van der Waals surface area contributed by atoms with Crippen molar-refractivity contribution in [2.24, 2.45) is 11.8 Å². The van der Waals surface area contributed by atoms with E-state index < -0.39 is 23.9 Å². The van der Waals surface area contributed by atoms with Crippen molar-refractivity contribution in [1.29, 1.82) is 0 Å². The van der Waals surface area contributed by atoms with Crippen LogP contribution in [0.2, 0.25) is 5.02 Å². The summed E-state index contributed by atoms with van der Waals surface area (Å²) in [5.41, 5.74) is 2.97. The summed E-state index contributed by atoms with van der Waals surface area (Å²) in [5, 5.41) is 3.37. The summed E-state index contributed by atoms with van der Waals surface area (Å²) in [6, 6.07) is 22.3. The second-order valence-electron chi connectivity index (χ2n) is 8.68. The molecule has 0 aliphatic carbocycles. The molecule has 0 spiro atoms. The van der Waals surface area contributed by atoms with Gasteiger partial charge in [0.1, 0.15) is 6.04 Å². The van der Waals surface area contributed by atoms with Crippen LogP contribution in [-0.4, -0.2) is 28.7 Å². The normalized spacial score (nSPS) is 24.6. The van der Waals surface area contributed by atoms with E-state index in [0.29, 0.717) is 16.4 Å². The van der Waals surface area contributed by atoms with E-state index in [1.54, 1.807) is 36.4 Å². The maximum Gasteiger partial charge on any atom is 0.247 e. The van der Waals surface area contributed by atoms with Crippen LogP contribution in [0.3, 0.4) is 0 Å². The van der Waals surface area contributed by atoms with Gasteiger partial charge in [0.15, 0.2) is 0 Å². The Morgan fingerprint density at radius 3 is 2.38 bits per heavy atom. The fourth-order valence-corrected chi connectivity index (χ4v) is 5.65. The highest BCUT2D eigenvalue weighted by Gasteiger charge is 2.64. The molecule has 3 aliphatic heterocycles. The highest BCUT2D eigenvalue weighted by Crippen LogP contribution is 2.53. The Labute approximate surface area is 201 Å². The second kappa shape index (κ2) is 7.85. The van der Waals surface area contributed by atoms with E-state index in [-0.39, 0.29) is 17.7 Å². The van der Waals surface area contributed by atoms with E-state index in [9.17, 15) is 14.4 Å². The Hall–Kier alpha value is -3.90. The van der Waals surface area contributed by atoms with Gasteiger partial charge in [0.05, 0.1) is 23.6 Å². The smallest absolute Gasteiger partial charge is 0.247 e. The molecule has 3 amide bonds. The molecule has 7 heteroatoms. The molecule has 3 aromatic carbocycles. The molecule has 6 rings (SSSR count). The Kier molecular flexibility index (Phi) is 4.78. The number of fused-ring (bicyclic) bond motifs is 5. The Bertz CT molecular complexity index is 1360. The highest BCUT2D eigenvalue weighted by molar-refractivity contribution is 6.31. The second-order valence-corrected chi connectivity index (χ2v) is 9.12. The van der Waals surface area contributed by atoms with E-state index in [1.165, 1.54) is 4.90 Å².